The minimum atomic E-state index is -1.24. The molecule has 0 unspecified atom stereocenters. The first-order chi connectivity index (χ1) is 11.4. The summed E-state index contributed by atoms with van der Waals surface area (Å²) in [6.45, 7) is 1.17. The van der Waals surface area contributed by atoms with Crippen molar-refractivity contribution in [1.82, 2.24) is 5.01 Å². The molecule has 0 radical (unpaired) electrons. The molecule has 0 aliphatic carbocycles. The largest absolute Gasteiger partial charge is 0.464 e. The number of ether oxygens (including phenoxy) is 1. The first kappa shape index (κ1) is 15.8. The van der Waals surface area contributed by atoms with E-state index in [1.165, 1.54) is 19.1 Å². The summed E-state index contributed by atoms with van der Waals surface area (Å²) < 4.78 is 17.6. The Kier molecular flexibility index (Phi) is 3.63. The predicted molar refractivity (Wildman–Crippen MR) is 78.1 cm³/mol. The molecular weight excluding hydrogens is 321 g/mol. The number of imide groups is 1. The highest BCUT2D eigenvalue weighted by Gasteiger charge is 2.59. The molecule has 2 heterocycles. The van der Waals surface area contributed by atoms with Crippen LogP contribution >= 0.6 is 0 Å². The van der Waals surface area contributed by atoms with Crippen molar-refractivity contribution in [1.29, 1.82) is 0 Å². The minimum absolute atomic E-state index is 0.147. The van der Waals surface area contributed by atoms with Gasteiger partial charge in [0.15, 0.2) is 11.8 Å². The van der Waals surface area contributed by atoms with E-state index in [2.05, 4.69) is 9.84 Å². The predicted octanol–water partition coefficient (Wildman–Crippen LogP) is 0.0748. The van der Waals surface area contributed by atoms with Crippen molar-refractivity contribution in [3.63, 3.8) is 0 Å². The molecular formula is C15H12FN3O5. The number of esters is 1. The molecule has 1 saturated heterocycles. The van der Waals surface area contributed by atoms with Crippen LogP contribution in [-0.2, 0) is 23.9 Å². The summed E-state index contributed by atoms with van der Waals surface area (Å²) in [5.74, 6) is -4.68. The third-order valence-corrected chi connectivity index (χ3v) is 3.85. The normalized spacial score (nSPS) is 22.5. The van der Waals surface area contributed by atoms with Crippen LogP contribution in [0.1, 0.15) is 6.92 Å². The second kappa shape index (κ2) is 5.52. The van der Waals surface area contributed by atoms with Gasteiger partial charge in [0.1, 0.15) is 11.7 Å². The summed E-state index contributed by atoms with van der Waals surface area (Å²) in [6.07, 6.45) is 0. The summed E-state index contributed by atoms with van der Waals surface area (Å²) in [5.41, 5.74) is -0.158. The molecule has 0 saturated carbocycles. The fourth-order valence-electron chi connectivity index (χ4n) is 2.79. The molecule has 3 amide bonds. The van der Waals surface area contributed by atoms with Crippen molar-refractivity contribution < 1.29 is 28.3 Å². The highest BCUT2D eigenvalue weighted by Crippen LogP contribution is 2.35. The highest BCUT2D eigenvalue weighted by molar-refractivity contribution is 6.46. The molecule has 0 N–H and O–H groups in total. The standard InChI is InChI=1S/C15H12FN3O5/c1-7(20)19-12-10(11(17-19)15(23)24-2)13(21)18(14(12)22)9-5-3-8(16)4-6-9/h3-6,10,12H,1-2H3/t10-,12-/m1/s1. The van der Waals surface area contributed by atoms with Gasteiger partial charge >= 0.3 is 5.97 Å². The quantitative estimate of drug-likeness (QED) is 0.564. The van der Waals surface area contributed by atoms with Crippen LogP contribution in [0.5, 0.6) is 0 Å². The number of hydrogen-bond donors (Lipinski definition) is 0. The molecule has 24 heavy (non-hydrogen) atoms. The lowest BCUT2D eigenvalue weighted by Crippen LogP contribution is -2.41. The number of amides is 3. The van der Waals surface area contributed by atoms with E-state index in [1.807, 2.05) is 0 Å². The molecule has 124 valence electrons. The highest BCUT2D eigenvalue weighted by atomic mass is 19.1. The van der Waals surface area contributed by atoms with E-state index in [4.69, 9.17) is 0 Å². The van der Waals surface area contributed by atoms with E-state index in [0.717, 1.165) is 29.2 Å². The molecule has 1 fully saturated rings. The summed E-state index contributed by atoms with van der Waals surface area (Å²) >= 11 is 0. The van der Waals surface area contributed by atoms with Gasteiger partial charge < -0.3 is 4.74 Å². The number of nitrogens with zero attached hydrogens (tertiary/aromatic N) is 3. The Bertz CT molecular complexity index is 789. The summed E-state index contributed by atoms with van der Waals surface area (Å²) in [4.78, 5) is 49.7. The van der Waals surface area contributed by atoms with E-state index in [-0.39, 0.29) is 11.4 Å². The summed E-state index contributed by atoms with van der Waals surface area (Å²) in [7, 11) is 1.11. The monoisotopic (exact) mass is 333 g/mol. The Morgan fingerprint density at radius 3 is 2.33 bits per heavy atom. The number of carbonyl (C=O) groups is 4. The van der Waals surface area contributed by atoms with Gasteiger partial charge in [0.2, 0.25) is 11.8 Å². The van der Waals surface area contributed by atoms with E-state index < -0.39 is 41.5 Å². The SMILES string of the molecule is COC(=O)C1=NN(C(C)=O)[C@H]2C(=O)N(c3ccc(F)cc3)C(=O)[C@H]12. The van der Waals surface area contributed by atoms with Crippen LogP contribution in [0.2, 0.25) is 0 Å². The average Bonchev–Trinajstić information content (AvgIpc) is 3.06. The number of benzene rings is 1. The topological polar surface area (TPSA) is 96.3 Å². The third-order valence-electron chi connectivity index (χ3n) is 3.85. The maximum absolute atomic E-state index is 13.1. The molecule has 0 aromatic heterocycles. The van der Waals surface area contributed by atoms with Crippen molar-refractivity contribution in [3.05, 3.63) is 30.1 Å². The van der Waals surface area contributed by atoms with Gasteiger partial charge in [0, 0.05) is 6.92 Å². The van der Waals surface area contributed by atoms with Crippen LogP contribution in [0.3, 0.4) is 0 Å². The maximum atomic E-state index is 13.1. The lowest BCUT2D eigenvalue weighted by atomic mass is 9.98. The van der Waals surface area contributed by atoms with Gasteiger partial charge in [0.05, 0.1) is 12.8 Å². The van der Waals surface area contributed by atoms with Crippen molar-refractivity contribution in [2.24, 2.45) is 11.0 Å². The maximum Gasteiger partial charge on any atom is 0.355 e. The number of fused-ring (bicyclic) bond motifs is 1. The molecule has 2 aliphatic heterocycles. The van der Waals surface area contributed by atoms with Crippen LogP contribution in [0.15, 0.2) is 29.4 Å². The zero-order valence-corrected chi connectivity index (χ0v) is 12.7. The Hall–Kier alpha value is -3.10. The average molecular weight is 333 g/mol. The molecule has 9 heteroatoms. The van der Waals surface area contributed by atoms with Crippen molar-refractivity contribution in [2.45, 2.75) is 13.0 Å². The van der Waals surface area contributed by atoms with Crippen LogP contribution in [-0.4, -0.2) is 47.6 Å². The van der Waals surface area contributed by atoms with Crippen LogP contribution in [0.4, 0.5) is 10.1 Å². The fraction of sp³-hybridized carbons (Fsp3) is 0.267. The minimum Gasteiger partial charge on any atom is -0.464 e. The smallest absolute Gasteiger partial charge is 0.355 e. The van der Waals surface area contributed by atoms with Gasteiger partial charge in [-0.3, -0.25) is 14.4 Å². The number of hydrazone groups is 1. The second-order valence-electron chi connectivity index (χ2n) is 5.25. The molecule has 1 aromatic rings. The zero-order valence-electron chi connectivity index (χ0n) is 12.7. The fourth-order valence-corrected chi connectivity index (χ4v) is 2.79. The summed E-state index contributed by atoms with van der Waals surface area (Å²) in [6, 6.07) is 3.48. The molecule has 3 rings (SSSR count). The van der Waals surface area contributed by atoms with E-state index in [1.54, 1.807) is 0 Å². The van der Waals surface area contributed by atoms with E-state index in [9.17, 15) is 23.6 Å². The van der Waals surface area contributed by atoms with Gasteiger partial charge in [0.25, 0.3) is 5.91 Å². The number of anilines is 1. The second-order valence-corrected chi connectivity index (χ2v) is 5.25. The number of carbonyl (C=O) groups excluding carboxylic acids is 4. The number of hydrogen-bond acceptors (Lipinski definition) is 6. The molecule has 2 atom stereocenters. The van der Waals surface area contributed by atoms with Crippen molar-refractivity contribution in [2.75, 3.05) is 12.0 Å². The Morgan fingerprint density at radius 2 is 1.79 bits per heavy atom. The molecule has 0 spiro atoms. The van der Waals surface area contributed by atoms with Crippen molar-refractivity contribution >= 4 is 35.1 Å². The first-order valence-corrected chi connectivity index (χ1v) is 6.96. The zero-order chi connectivity index (χ0) is 17.6. The Labute approximate surface area is 135 Å². The van der Waals surface area contributed by atoms with Crippen LogP contribution in [0, 0.1) is 11.7 Å². The lowest BCUT2D eigenvalue weighted by Gasteiger charge is -2.19. The summed E-state index contributed by atoms with van der Waals surface area (Å²) in [5, 5.41) is 4.59. The van der Waals surface area contributed by atoms with E-state index >= 15 is 0 Å². The first-order valence-electron chi connectivity index (χ1n) is 6.96. The van der Waals surface area contributed by atoms with Crippen molar-refractivity contribution in [3.8, 4) is 0 Å². The Balaban J connectivity index is 2.05. The molecule has 1 aromatic carbocycles. The molecule has 0 bridgehead atoms. The number of methoxy groups -OCH3 is 1. The third kappa shape index (κ3) is 2.16. The Morgan fingerprint density at radius 1 is 1.17 bits per heavy atom. The van der Waals surface area contributed by atoms with Gasteiger partial charge in [-0.15, -0.1) is 0 Å². The van der Waals surface area contributed by atoms with Crippen LogP contribution < -0.4 is 4.90 Å². The number of rotatable bonds is 2. The van der Waals surface area contributed by atoms with Gasteiger partial charge in [-0.1, -0.05) is 0 Å². The molecule has 2 aliphatic rings. The van der Waals surface area contributed by atoms with Gasteiger partial charge in [-0.2, -0.15) is 5.10 Å². The van der Waals surface area contributed by atoms with Gasteiger partial charge in [-0.05, 0) is 24.3 Å². The molecule has 8 nitrogen and oxygen atoms in total. The number of halogens is 1. The van der Waals surface area contributed by atoms with Crippen LogP contribution in [0.25, 0.3) is 0 Å². The lowest BCUT2D eigenvalue weighted by molar-refractivity contribution is -0.136. The van der Waals surface area contributed by atoms with E-state index in [0.29, 0.717) is 0 Å². The van der Waals surface area contributed by atoms with Gasteiger partial charge in [-0.25, -0.2) is 19.1 Å².